The lowest BCUT2D eigenvalue weighted by Gasteiger charge is -2.07. The molecule has 0 saturated heterocycles. The molecule has 0 aromatic heterocycles. The molecule has 0 aliphatic heterocycles. The van der Waals surface area contributed by atoms with Crippen molar-refractivity contribution in [1.29, 1.82) is 0 Å². The molecule has 28 heavy (non-hydrogen) atoms. The minimum absolute atomic E-state index is 0.122. The first-order valence-corrected chi connectivity index (χ1v) is 8.84. The van der Waals surface area contributed by atoms with Crippen molar-refractivity contribution < 1.29 is 17.9 Å². The van der Waals surface area contributed by atoms with Crippen LogP contribution in [-0.4, -0.2) is 6.61 Å². The standard InChI is InChI=1S/C24H19F3O/c1-3-17-11-12-19(24(27)23(17)26)10-7-16-5-8-18(9-6-16)21-14-13-20(28-4-2)15-22(21)25/h3,5-15H,1,4H2,2H3. The van der Waals surface area contributed by atoms with Gasteiger partial charge in [-0.1, -0.05) is 61.2 Å². The van der Waals surface area contributed by atoms with Crippen molar-refractivity contribution in [1.82, 2.24) is 0 Å². The highest BCUT2D eigenvalue weighted by Gasteiger charge is 2.10. The van der Waals surface area contributed by atoms with Gasteiger partial charge >= 0.3 is 0 Å². The van der Waals surface area contributed by atoms with Crippen molar-refractivity contribution in [3.05, 3.63) is 95.3 Å². The summed E-state index contributed by atoms with van der Waals surface area (Å²) in [6.45, 7) is 5.76. The summed E-state index contributed by atoms with van der Waals surface area (Å²) >= 11 is 0. The molecule has 0 saturated carbocycles. The van der Waals surface area contributed by atoms with E-state index in [2.05, 4.69) is 6.58 Å². The second kappa shape index (κ2) is 8.61. The number of hydrogen-bond acceptors (Lipinski definition) is 1. The molecule has 0 bridgehead atoms. The van der Waals surface area contributed by atoms with Crippen LogP contribution in [0, 0.1) is 17.5 Å². The fourth-order valence-corrected chi connectivity index (χ4v) is 2.81. The van der Waals surface area contributed by atoms with Gasteiger partial charge in [0.05, 0.1) is 6.61 Å². The van der Waals surface area contributed by atoms with Crippen molar-refractivity contribution in [2.75, 3.05) is 6.61 Å². The third kappa shape index (κ3) is 4.17. The SMILES string of the molecule is C=Cc1ccc(C=Cc2ccc(-c3ccc(OCC)cc3F)cc2)c(F)c1F. The summed E-state index contributed by atoms with van der Waals surface area (Å²) < 4.78 is 47.4. The van der Waals surface area contributed by atoms with Crippen LogP contribution in [0.1, 0.15) is 23.6 Å². The van der Waals surface area contributed by atoms with Crippen LogP contribution in [0.4, 0.5) is 13.2 Å². The Balaban J connectivity index is 1.81. The fraction of sp³-hybridized carbons (Fsp3) is 0.0833. The summed E-state index contributed by atoms with van der Waals surface area (Å²) in [5.74, 6) is -1.71. The minimum Gasteiger partial charge on any atom is -0.494 e. The van der Waals surface area contributed by atoms with Gasteiger partial charge in [-0.05, 0) is 30.2 Å². The molecule has 0 N–H and O–H groups in total. The Labute approximate surface area is 162 Å². The maximum atomic E-state index is 14.3. The van der Waals surface area contributed by atoms with Crippen molar-refractivity contribution in [3.63, 3.8) is 0 Å². The molecule has 0 unspecified atom stereocenters. The average molecular weight is 380 g/mol. The van der Waals surface area contributed by atoms with Gasteiger partial charge < -0.3 is 4.74 Å². The number of benzene rings is 3. The summed E-state index contributed by atoms with van der Waals surface area (Å²) in [6.07, 6.45) is 4.44. The molecule has 0 heterocycles. The van der Waals surface area contributed by atoms with Gasteiger partial charge in [0.1, 0.15) is 11.6 Å². The van der Waals surface area contributed by atoms with E-state index in [1.165, 1.54) is 30.4 Å². The van der Waals surface area contributed by atoms with E-state index in [0.717, 1.165) is 5.56 Å². The first-order valence-electron chi connectivity index (χ1n) is 8.84. The molecular weight excluding hydrogens is 361 g/mol. The second-order valence-corrected chi connectivity index (χ2v) is 6.11. The summed E-state index contributed by atoms with van der Waals surface area (Å²) in [7, 11) is 0. The highest BCUT2D eigenvalue weighted by molar-refractivity contribution is 5.73. The van der Waals surface area contributed by atoms with Gasteiger partial charge in [-0.15, -0.1) is 0 Å². The van der Waals surface area contributed by atoms with Crippen LogP contribution in [-0.2, 0) is 0 Å². The zero-order chi connectivity index (χ0) is 20.1. The monoisotopic (exact) mass is 380 g/mol. The molecule has 3 aromatic rings. The van der Waals surface area contributed by atoms with E-state index in [9.17, 15) is 13.2 Å². The number of ether oxygens (including phenoxy) is 1. The topological polar surface area (TPSA) is 9.23 Å². The Morgan fingerprint density at radius 2 is 1.54 bits per heavy atom. The lowest BCUT2D eigenvalue weighted by molar-refractivity contribution is 0.338. The molecule has 3 aromatic carbocycles. The van der Waals surface area contributed by atoms with Crippen molar-refractivity contribution in [2.24, 2.45) is 0 Å². The highest BCUT2D eigenvalue weighted by Crippen LogP contribution is 2.27. The quantitative estimate of drug-likeness (QED) is 0.419. The van der Waals surface area contributed by atoms with Gasteiger partial charge in [0.25, 0.3) is 0 Å². The maximum absolute atomic E-state index is 14.3. The molecule has 4 heteroatoms. The van der Waals surface area contributed by atoms with Crippen LogP contribution in [0.3, 0.4) is 0 Å². The first kappa shape index (κ1) is 19.5. The first-order chi connectivity index (χ1) is 13.5. The van der Waals surface area contributed by atoms with Gasteiger partial charge in [-0.3, -0.25) is 0 Å². The molecule has 0 aliphatic carbocycles. The van der Waals surface area contributed by atoms with Crippen molar-refractivity contribution >= 4 is 18.2 Å². The van der Waals surface area contributed by atoms with E-state index in [0.29, 0.717) is 23.5 Å². The van der Waals surface area contributed by atoms with E-state index in [1.54, 1.807) is 42.5 Å². The van der Waals surface area contributed by atoms with Gasteiger partial charge in [0, 0.05) is 22.8 Å². The molecule has 0 spiro atoms. The van der Waals surface area contributed by atoms with E-state index >= 15 is 0 Å². The number of rotatable bonds is 6. The lowest BCUT2D eigenvalue weighted by Crippen LogP contribution is -1.93. The van der Waals surface area contributed by atoms with Gasteiger partial charge in [0.2, 0.25) is 0 Å². The summed E-state index contributed by atoms with van der Waals surface area (Å²) in [5, 5.41) is 0. The van der Waals surface area contributed by atoms with Crippen LogP contribution in [0.2, 0.25) is 0 Å². The molecule has 3 rings (SSSR count). The van der Waals surface area contributed by atoms with Gasteiger partial charge in [-0.25, -0.2) is 13.2 Å². The fourth-order valence-electron chi connectivity index (χ4n) is 2.81. The van der Waals surface area contributed by atoms with Crippen molar-refractivity contribution in [3.8, 4) is 16.9 Å². The zero-order valence-electron chi connectivity index (χ0n) is 15.4. The summed E-state index contributed by atoms with van der Waals surface area (Å²) in [4.78, 5) is 0. The van der Waals surface area contributed by atoms with Crippen LogP contribution in [0.5, 0.6) is 5.75 Å². The molecule has 0 fully saturated rings. The highest BCUT2D eigenvalue weighted by atomic mass is 19.2. The van der Waals surface area contributed by atoms with Crippen LogP contribution in [0.25, 0.3) is 29.4 Å². The molecule has 0 amide bonds. The largest absolute Gasteiger partial charge is 0.494 e. The predicted molar refractivity (Wildman–Crippen MR) is 108 cm³/mol. The Morgan fingerprint density at radius 3 is 2.18 bits per heavy atom. The van der Waals surface area contributed by atoms with Crippen molar-refractivity contribution in [2.45, 2.75) is 6.92 Å². The summed E-state index contributed by atoms with van der Waals surface area (Å²) in [5.41, 5.74) is 2.22. The smallest absolute Gasteiger partial charge is 0.166 e. The minimum atomic E-state index is -0.918. The molecule has 142 valence electrons. The van der Waals surface area contributed by atoms with Crippen LogP contribution in [0.15, 0.2) is 61.2 Å². The normalized spacial score (nSPS) is 11.0. The molecule has 0 radical (unpaired) electrons. The number of hydrogen-bond donors (Lipinski definition) is 0. The Bertz CT molecular complexity index is 1020. The van der Waals surface area contributed by atoms with E-state index in [1.807, 2.05) is 6.92 Å². The maximum Gasteiger partial charge on any atom is 0.166 e. The van der Waals surface area contributed by atoms with E-state index in [4.69, 9.17) is 4.74 Å². The Morgan fingerprint density at radius 1 is 0.857 bits per heavy atom. The lowest BCUT2D eigenvalue weighted by atomic mass is 10.0. The van der Waals surface area contributed by atoms with E-state index in [-0.39, 0.29) is 16.9 Å². The summed E-state index contributed by atoms with van der Waals surface area (Å²) in [6, 6.07) is 14.8. The molecule has 0 atom stereocenters. The van der Waals surface area contributed by atoms with E-state index < -0.39 is 11.6 Å². The second-order valence-electron chi connectivity index (χ2n) is 6.11. The van der Waals surface area contributed by atoms with Crippen LogP contribution < -0.4 is 4.74 Å². The molecule has 0 aliphatic rings. The Kier molecular flexibility index (Phi) is 5.99. The van der Waals surface area contributed by atoms with Gasteiger partial charge in [0.15, 0.2) is 11.6 Å². The average Bonchev–Trinajstić information content (AvgIpc) is 2.70. The molecule has 1 nitrogen and oxygen atoms in total. The predicted octanol–water partition coefficient (Wildman–Crippen LogP) is 6.98. The Hall–Kier alpha value is -3.27. The van der Waals surface area contributed by atoms with Gasteiger partial charge in [-0.2, -0.15) is 0 Å². The van der Waals surface area contributed by atoms with Crippen LogP contribution >= 0.6 is 0 Å². The number of halogens is 3. The molecular formula is C24H19F3O. The zero-order valence-corrected chi connectivity index (χ0v) is 15.4. The third-order valence-electron chi connectivity index (χ3n) is 4.29. The third-order valence-corrected chi connectivity index (χ3v) is 4.29.